The Balaban J connectivity index is 2.73. The zero-order valence-electron chi connectivity index (χ0n) is 10.8. The number of carbonyl (C=O) groups excluding carboxylic acids is 1. The van der Waals surface area contributed by atoms with Gasteiger partial charge in [0.05, 0.1) is 0 Å². The summed E-state index contributed by atoms with van der Waals surface area (Å²) in [6.07, 6.45) is 3.00. The van der Waals surface area contributed by atoms with Gasteiger partial charge in [-0.3, -0.25) is 4.79 Å². The highest BCUT2D eigenvalue weighted by Gasteiger charge is 2.41. The maximum Gasteiger partial charge on any atom is 0.329 e. The van der Waals surface area contributed by atoms with Crippen LogP contribution in [-0.4, -0.2) is 39.5 Å². The Morgan fingerprint density at radius 1 is 1.41 bits per heavy atom. The van der Waals surface area contributed by atoms with E-state index in [0.29, 0.717) is 6.54 Å². The lowest BCUT2D eigenvalue weighted by Gasteiger charge is -2.41. The molecule has 1 aliphatic rings. The summed E-state index contributed by atoms with van der Waals surface area (Å²) in [5.41, 5.74) is 4.44. The number of hydrogen-bond donors (Lipinski definition) is 2. The van der Waals surface area contributed by atoms with Crippen LogP contribution < -0.4 is 5.73 Å². The predicted octanol–water partition coefficient (Wildman–Crippen LogP) is 0.970. The van der Waals surface area contributed by atoms with E-state index in [9.17, 15) is 9.59 Å². The molecule has 17 heavy (non-hydrogen) atoms. The van der Waals surface area contributed by atoms with Crippen LogP contribution >= 0.6 is 0 Å². The molecule has 1 saturated carbocycles. The van der Waals surface area contributed by atoms with Gasteiger partial charge in [-0.15, -0.1) is 0 Å². The van der Waals surface area contributed by atoms with E-state index in [4.69, 9.17) is 10.8 Å². The first-order valence-electron chi connectivity index (χ1n) is 6.06. The monoisotopic (exact) mass is 242 g/mol. The molecule has 5 nitrogen and oxygen atoms in total. The Bertz CT molecular complexity index is 322. The number of rotatable bonds is 5. The van der Waals surface area contributed by atoms with Crippen molar-refractivity contribution in [3.63, 3.8) is 0 Å². The molecule has 0 spiro atoms. The summed E-state index contributed by atoms with van der Waals surface area (Å²) >= 11 is 0. The molecule has 3 N–H and O–H groups in total. The minimum Gasteiger partial charge on any atom is -0.480 e. The number of likely N-dealkylation sites (N-methyl/N-ethyl adjacent to an activating group) is 1. The maximum absolute atomic E-state index is 12.1. The number of aliphatic carboxylic acids is 1. The van der Waals surface area contributed by atoms with Crippen molar-refractivity contribution in [3.8, 4) is 0 Å². The minimum absolute atomic E-state index is 0.165. The summed E-state index contributed by atoms with van der Waals surface area (Å²) in [5.74, 6) is -1.16. The maximum atomic E-state index is 12.1. The van der Waals surface area contributed by atoms with Crippen LogP contribution in [0.4, 0.5) is 0 Å². The molecule has 0 atom stereocenters. The van der Waals surface area contributed by atoms with Crippen molar-refractivity contribution in [2.45, 2.75) is 57.5 Å². The van der Waals surface area contributed by atoms with Gasteiger partial charge in [0.25, 0.3) is 0 Å². The molecule has 0 aromatic carbocycles. The highest BCUT2D eigenvalue weighted by atomic mass is 16.4. The molecule has 98 valence electrons. The van der Waals surface area contributed by atoms with Crippen LogP contribution in [0, 0.1) is 0 Å². The minimum atomic E-state index is -1.17. The third-order valence-electron chi connectivity index (χ3n) is 3.67. The molecule has 1 fully saturated rings. The highest BCUT2D eigenvalue weighted by Crippen LogP contribution is 2.33. The number of nitrogens with zero attached hydrogens (tertiary/aromatic N) is 1. The smallest absolute Gasteiger partial charge is 0.329 e. The molecule has 1 aliphatic carbocycles. The summed E-state index contributed by atoms with van der Waals surface area (Å²) in [6, 6.07) is 0. The van der Waals surface area contributed by atoms with Gasteiger partial charge in [0.15, 0.2) is 0 Å². The van der Waals surface area contributed by atoms with Crippen LogP contribution in [0.25, 0.3) is 0 Å². The Labute approximate surface area is 102 Å². The first-order valence-corrected chi connectivity index (χ1v) is 6.06. The van der Waals surface area contributed by atoms with E-state index in [-0.39, 0.29) is 12.3 Å². The number of hydrogen-bond acceptors (Lipinski definition) is 3. The van der Waals surface area contributed by atoms with E-state index >= 15 is 0 Å². The van der Waals surface area contributed by atoms with Gasteiger partial charge >= 0.3 is 5.97 Å². The van der Waals surface area contributed by atoms with E-state index in [2.05, 4.69) is 0 Å². The fourth-order valence-corrected chi connectivity index (χ4v) is 2.20. The SMILES string of the molecule is CCN(C(=O)CC1(N)CCC1)C(C)(C)C(=O)O. The first-order chi connectivity index (χ1) is 7.73. The van der Waals surface area contributed by atoms with Crippen LogP contribution in [0.15, 0.2) is 0 Å². The fourth-order valence-electron chi connectivity index (χ4n) is 2.20. The van der Waals surface area contributed by atoms with Crippen molar-refractivity contribution < 1.29 is 14.7 Å². The van der Waals surface area contributed by atoms with Crippen LogP contribution in [0.3, 0.4) is 0 Å². The summed E-state index contributed by atoms with van der Waals surface area (Å²) < 4.78 is 0. The molecule has 5 heteroatoms. The van der Waals surface area contributed by atoms with Gasteiger partial charge < -0.3 is 15.7 Å². The van der Waals surface area contributed by atoms with E-state index in [1.807, 2.05) is 0 Å². The number of amides is 1. The molecule has 0 aromatic rings. The first kappa shape index (κ1) is 14.0. The fraction of sp³-hybridized carbons (Fsp3) is 0.833. The average molecular weight is 242 g/mol. The molecule has 0 unspecified atom stereocenters. The molecule has 0 aliphatic heterocycles. The van der Waals surface area contributed by atoms with Gasteiger partial charge in [0.1, 0.15) is 5.54 Å². The number of carbonyl (C=O) groups is 2. The molecule has 0 radical (unpaired) electrons. The standard InChI is InChI=1S/C12H22N2O3/c1-4-14(11(2,3)10(16)17)9(15)8-12(13)6-5-7-12/h4-8,13H2,1-3H3,(H,16,17). The van der Waals surface area contributed by atoms with Crippen molar-refractivity contribution in [1.29, 1.82) is 0 Å². The van der Waals surface area contributed by atoms with Crippen molar-refractivity contribution >= 4 is 11.9 Å². The van der Waals surface area contributed by atoms with Crippen molar-refractivity contribution in [1.82, 2.24) is 4.90 Å². The van der Waals surface area contributed by atoms with Crippen LogP contribution in [0.2, 0.25) is 0 Å². The van der Waals surface area contributed by atoms with Crippen LogP contribution in [0.5, 0.6) is 0 Å². The molecule has 1 rings (SSSR count). The summed E-state index contributed by atoms with van der Waals surface area (Å²) in [6.45, 7) is 5.25. The van der Waals surface area contributed by atoms with Crippen LogP contribution in [0.1, 0.15) is 46.5 Å². The summed E-state index contributed by atoms with van der Waals surface area (Å²) in [4.78, 5) is 24.7. The zero-order valence-corrected chi connectivity index (χ0v) is 10.8. The molecular formula is C12H22N2O3. The predicted molar refractivity (Wildman–Crippen MR) is 64.5 cm³/mol. The van der Waals surface area contributed by atoms with Gasteiger partial charge in [-0.2, -0.15) is 0 Å². The lowest BCUT2D eigenvalue weighted by atomic mass is 9.75. The average Bonchev–Trinajstić information content (AvgIpc) is 2.15. The van der Waals surface area contributed by atoms with E-state index < -0.39 is 17.0 Å². The van der Waals surface area contributed by atoms with Gasteiger partial charge in [-0.25, -0.2) is 4.79 Å². The topological polar surface area (TPSA) is 83.6 Å². The normalized spacial score (nSPS) is 18.4. The molecule has 0 heterocycles. The van der Waals surface area contributed by atoms with E-state index in [0.717, 1.165) is 19.3 Å². The van der Waals surface area contributed by atoms with Crippen molar-refractivity contribution in [2.24, 2.45) is 5.73 Å². The second-order valence-electron chi connectivity index (χ2n) is 5.39. The van der Waals surface area contributed by atoms with Gasteiger partial charge in [0.2, 0.25) is 5.91 Å². The Morgan fingerprint density at radius 3 is 2.24 bits per heavy atom. The number of carboxylic acids is 1. The number of nitrogens with two attached hydrogens (primary N) is 1. The molecule has 0 bridgehead atoms. The number of carboxylic acid groups (broad SMARTS) is 1. The Hall–Kier alpha value is -1.10. The van der Waals surface area contributed by atoms with Gasteiger partial charge in [-0.1, -0.05) is 0 Å². The quantitative estimate of drug-likeness (QED) is 0.752. The second kappa shape index (κ2) is 4.64. The lowest BCUT2D eigenvalue weighted by Crippen LogP contribution is -2.57. The van der Waals surface area contributed by atoms with E-state index in [1.165, 1.54) is 4.90 Å². The third-order valence-corrected chi connectivity index (χ3v) is 3.67. The van der Waals surface area contributed by atoms with E-state index in [1.54, 1.807) is 20.8 Å². The largest absolute Gasteiger partial charge is 0.480 e. The molecule has 1 amide bonds. The zero-order chi connectivity index (χ0) is 13.3. The lowest BCUT2D eigenvalue weighted by molar-refractivity contribution is -0.157. The Morgan fingerprint density at radius 2 is 1.94 bits per heavy atom. The molecular weight excluding hydrogens is 220 g/mol. The van der Waals surface area contributed by atoms with Gasteiger partial charge in [0, 0.05) is 18.5 Å². The highest BCUT2D eigenvalue weighted by molar-refractivity contribution is 5.86. The second-order valence-corrected chi connectivity index (χ2v) is 5.39. The summed E-state index contributed by atoms with van der Waals surface area (Å²) in [5, 5.41) is 9.14. The Kier molecular flexibility index (Phi) is 3.81. The van der Waals surface area contributed by atoms with Crippen LogP contribution in [-0.2, 0) is 9.59 Å². The van der Waals surface area contributed by atoms with Crippen molar-refractivity contribution in [2.75, 3.05) is 6.54 Å². The van der Waals surface area contributed by atoms with Gasteiger partial charge in [-0.05, 0) is 40.0 Å². The van der Waals surface area contributed by atoms with Crippen molar-refractivity contribution in [3.05, 3.63) is 0 Å². The molecule has 0 aromatic heterocycles. The third kappa shape index (κ3) is 2.77. The molecule has 0 saturated heterocycles. The summed E-state index contributed by atoms with van der Waals surface area (Å²) in [7, 11) is 0.